The summed E-state index contributed by atoms with van der Waals surface area (Å²) in [5, 5.41) is 16.9. The Morgan fingerprint density at radius 3 is 2.34 bits per heavy atom. The second kappa shape index (κ2) is 10.2. The molecule has 1 saturated heterocycles. The van der Waals surface area contributed by atoms with Gasteiger partial charge in [0.2, 0.25) is 17.7 Å². The summed E-state index contributed by atoms with van der Waals surface area (Å²) < 4.78 is 42.6. The zero-order chi connectivity index (χ0) is 24.3. The fourth-order valence-corrected chi connectivity index (χ4v) is 3.59. The Morgan fingerprint density at radius 1 is 1.25 bits per heavy atom. The number of ketones is 1. The van der Waals surface area contributed by atoms with E-state index in [2.05, 4.69) is 20.7 Å². The van der Waals surface area contributed by atoms with Crippen molar-refractivity contribution in [2.24, 2.45) is 11.3 Å². The standard InChI is InChI=1S/C20H30F3N3O6/c1-4-13(27)18(31)26-12(9-19(3)6-7-19)17(30)25-10(2)14(28)15(32-20(21,22)23)11-5-8-24-16(11)29/h10-13,15,27H,4-9H2,1-3H3,(H,24,29)(H,25,30)(H,26,31)/t10?,11-,12?,13+,15-/m0/s1. The van der Waals surface area contributed by atoms with E-state index in [0.717, 1.165) is 12.8 Å². The molecule has 3 amide bonds. The predicted molar refractivity (Wildman–Crippen MR) is 105 cm³/mol. The lowest BCUT2D eigenvalue weighted by atomic mass is 9.93. The van der Waals surface area contributed by atoms with Crippen molar-refractivity contribution in [1.29, 1.82) is 0 Å². The van der Waals surface area contributed by atoms with Gasteiger partial charge in [-0.25, -0.2) is 0 Å². The van der Waals surface area contributed by atoms with E-state index >= 15 is 0 Å². The molecule has 0 aromatic rings. The summed E-state index contributed by atoms with van der Waals surface area (Å²) in [5.41, 5.74) is -0.191. The fraction of sp³-hybridized carbons (Fsp3) is 0.800. The first-order chi connectivity index (χ1) is 14.8. The van der Waals surface area contributed by atoms with Crippen molar-refractivity contribution in [3.8, 4) is 0 Å². The van der Waals surface area contributed by atoms with Gasteiger partial charge in [0.05, 0.1) is 12.0 Å². The number of Topliss-reactive ketones (excluding diaryl/α,β-unsaturated/α-hetero) is 1. The molecule has 2 aliphatic rings. The summed E-state index contributed by atoms with van der Waals surface area (Å²) in [4.78, 5) is 49.5. The quantitative estimate of drug-likeness (QED) is 0.352. The van der Waals surface area contributed by atoms with E-state index in [4.69, 9.17) is 0 Å². The molecular formula is C20H30F3N3O6. The highest BCUT2D eigenvalue weighted by Gasteiger charge is 2.47. The largest absolute Gasteiger partial charge is 0.523 e. The molecule has 1 saturated carbocycles. The molecule has 32 heavy (non-hydrogen) atoms. The zero-order valence-electron chi connectivity index (χ0n) is 18.3. The molecule has 2 fully saturated rings. The van der Waals surface area contributed by atoms with Crippen LogP contribution in [0.4, 0.5) is 13.2 Å². The summed E-state index contributed by atoms with van der Waals surface area (Å²) in [5.74, 6) is -4.68. The average Bonchev–Trinajstić information content (AvgIpc) is 3.27. The number of ether oxygens (including phenoxy) is 1. The van der Waals surface area contributed by atoms with Crippen LogP contribution in [0.2, 0.25) is 0 Å². The molecule has 9 nitrogen and oxygen atoms in total. The smallest absolute Gasteiger partial charge is 0.383 e. The second-order valence-electron chi connectivity index (χ2n) is 8.80. The van der Waals surface area contributed by atoms with Crippen molar-refractivity contribution in [2.75, 3.05) is 6.54 Å². The third-order valence-corrected chi connectivity index (χ3v) is 5.91. The minimum absolute atomic E-state index is 0.0159. The highest BCUT2D eigenvalue weighted by molar-refractivity contribution is 5.97. The van der Waals surface area contributed by atoms with Gasteiger partial charge in [0.25, 0.3) is 0 Å². The summed E-state index contributed by atoms with van der Waals surface area (Å²) in [6.45, 7) is 4.80. The van der Waals surface area contributed by atoms with E-state index < -0.39 is 60.1 Å². The van der Waals surface area contributed by atoms with Crippen molar-refractivity contribution < 1.29 is 42.2 Å². The molecule has 12 heteroatoms. The minimum Gasteiger partial charge on any atom is -0.383 e. The number of halogens is 3. The van der Waals surface area contributed by atoms with Crippen molar-refractivity contribution in [1.82, 2.24) is 16.0 Å². The molecule has 4 N–H and O–H groups in total. The van der Waals surface area contributed by atoms with Gasteiger partial charge >= 0.3 is 6.36 Å². The van der Waals surface area contributed by atoms with Crippen LogP contribution in [0, 0.1) is 11.3 Å². The van der Waals surface area contributed by atoms with E-state index in [1.807, 2.05) is 6.92 Å². The first-order valence-electron chi connectivity index (χ1n) is 10.6. The number of hydrogen-bond acceptors (Lipinski definition) is 6. The molecule has 0 bridgehead atoms. The Labute approximate surface area is 183 Å². The van der Waals surface area contributed by atoms with Gasteiger partial charge in [0.15, 0.2) is 5.78 Å². The van der Waals surface area contributed by atoms with Crippen LogP contribution in [0.3, 0.4) is 0 Å². The number of nitrogens with one attached hydrogen (secondary N) is 3. The maximum absolute atomic E-state index is 12.9. The molecular weight excluding hydrogens is 435 g/mol. The minimum atomic E-state index is -5.15. The Kier molecular flexibility index (Phi) is 8.27. The Bertz CT molecular complexity index is 741. The lowest BCUT2D eigenvalue weighted by Gasteiger charge is -2.27. The number of carbonyl (C=O) groups excluding carboxylic acids is 4. The normalized spacial score (nSPS) is 23.5. The first-order valence-corrected chi connectivity index (χ1v) is 10.6. The van der Waals surface area contributed by atoms with Crippen LogP contribution in [0.5, 0.6) is 0 Å². The summed E-state index contributed by atoms with van der Waals surface area (Å²) in [6.07, 6.45) is -6.56. The molecule has 1 heterocycles. The van der Waals surface area contributed by atoms with Gasteiger partial charge in [-0.3, -0.25) is 23.9 Å². The third-order valence-electron chi connectivity index (χ3n) is 5.91. The lowest BCUT2D eigenvalue weighted by molar-refractivity contribution is -0.341. The van der Waals surface area contributed by atoms with E-state index in [-0.39, 0.29) is 31.2 Å². The lowest BCUT2D eigenvalue weighted by Crippen LogP contribution is -2.55. The summed E-state index contributed by atoms with van der Waals surface area (Å²) in [6, 6.07) is -2.49. The highest BCUT2D eigenvalue weighted by atomic mass is 19.4. The molecule has 2 rings (SSSR count). The number of hydrogen-bond donors (Lipinski definition) is 4. The van der Waals surface area contributed by atoms with Crippen LogP contribution < -0.4 is 16.0 Å². The molecule has 1 aliphatic carbocycles. The molecule has 5 atom stereocenters. The van der Waals surface area contributed by atoms with E-state index in [9.17, 15) is 37.5 Å². The zero-order valence-corrected chi connectivity index (χ0v) is 18.3. The van der Waals surface area contributed by atoms with Crippen LogP contribution in [-0.4, -0.2) is 65.8 Å². The Morgan fingerprint density at radius 2 is 1.88 bits per heavy atom. The van der Waals surface area contributed by atoms with Crippen LogP contribution in [0.1, 0.15) is 52.9 Å². The van der Waals surface area contributed by atoms with E-state index in [0.29, 0.717) is 0 Å². The van der Waals surface area contributed by atoms with Crippen LogP contribution in [0.25, 0.3) is 0 Å². The number of carbonyl (C=O) groups is 4. The van der Waals surface area contributed by atoms with Crippen molar-refractivity contribution in [3.05, 3.63) is 0 Å². The van der Waals surface area contributed by atoms with Gasteiger partial charge in [0, 0.05) is 6.54 Å². The van der Waals surface area contributed by atoms with Gasteiger partial charge in [-0.2, -0.15) is 0 Å². The van der Waals surface area contributed by atoms with Gasteiger partial charge in [-0.1, -0.05) is 13.8 Å². The maximum Gasteiger partial charge on any atom is 0.523 e. The van der Waals surface area contributed by atoms with Crippen LogP contribution in [-0.2, 0) is 23.9 Å². The number of rotatable bonds is 11. The summed E-state index contributed by atoms with van der Waals surface area (Å²) >= 11 is 0. The van der Waals surface area contributed by atoms with Crippen molar-refractivity contribution in [2.45, 2.75) is 83.5 Å². The predicted octanol–water partition coefficient (Wildman–Crippen LogP) is 0.547. The Hall–Kier alpha value is -2.21. The molecule has 1 aliphatic heterocycles. The van der Waals surface area contributed by atoms with Crippen molar-refractivity contribution in [3.63, 3.8) is 0 Å². The van der Waals surface area contributed by atoms with Gasteiger partial charge < -0.3 is 21.1 Å². The Balaban J connectivity index is 2.11. The number of aliphatic hydroxyl groups excluding tert-OH is 1. The topological polar surface area (TPSA) is 134 Å². The number of aliphatic hydroxyl groups is 1. The van der Waals surface area contributed by atoms with Gasteiger partial charge in [-0.05, 0) is 44.4 Å². The van der Waals surface area contributed by atoms with Crippen LogP contribution in [0.15, 0.2) is 0 Å². The van der Waals surface area contributed by atoms with E-state index in [1.54, 1.807) is 6.92 Å². The van der Waals surface area contributed by atoms with Gasteiger partial charge in [0.1, 0.15) is 18.2 Å². The molecule has 2 unspecified atom stereocenters. The monoisotopic (exact) mass is 465 g/mol. The SMILES string of the molecule is CC[C@@H](O)C(=O)NC(CC1(C)CC1)C(=O)NC(C)C(=O)[C@@H](OC(F)(F)F)[C@@H]1CCNC1=O. The molecule has 0 spiro atoms. The highest BCUT2D eigenvalue weighted by Crippen LogP contribution is 2.48. The number of alkyl halides is 3. The number of amides is 3. The molecule has 0 radical (unpaired) electrons. The maximum atomic E-state index is 12.9. The van der Waals surface area contributed by atoms with Gasteiger partial charge in [-0.15, -0.1) is 13.2 Å². The molecule has 182 valence electrons. The molecule has 0 aromatic heterocycles. The average molecular weight is 465 g/mol. The second-order valence-corrected chi connectivity index (χ2v) is 8.80. The molecule has 0 aromatic carbocycles. The first kappa shape index (κ1) is 26.0. The summed E-state index contributed by atoms with van der Waals surface area (Å²) in [7, 11) is 0. The van der Waals surface area contributed by atoms with E-state index in [1.165, 1.54) is 6.92 Å². The van der Waals surface area contributed by atoms with Crippen LogP contribution >= 0.6 is 0 Å². The third kappa shape index (κ3) is 7.16. The fourth-order valence-electron chi connectivity index (χ4n) is 3.59. The van der Waals surface area contributed by atoms with Crippen molar-refractivity contribution >= 4 is 23.5 Å².